The first-order valence-electron chi connectivity index (χ1n) is 6.12. The number of Topliss-reactive ketones (excluding diaryl/α,β-unsaturated/α-hetero) is 1. The predicted molar refractivity (Wildman–Crippen MR) is 69.8 cm³/mol. The molecule has 0 spiro atoms. The van der Waals surface area contributed by atoms with Crippen LogP contribution in [-0.4, -0.2) is 16.8 Å². The van der Waals surface area contributed by atoms with Crippen LogP contribution in [0.2, 0.25) is 0 Å². The van der Waals surface area contributed by atoms with Gasteiger partial charge in [-0.15, -0.1) is 0 Å². The lowest BCUT2D eigenvalue weighted by Gasteiger charge is -2.25. The Kier molecular flexibility index (Phi) is 4.06. The molecule has 0 unspecified atom stereocenters. The number of nitrogens with zero attached hydrogens (tertiary/aromatic N) is 1. The Bertz CT molecular complexity index is 507. The fraction of sp³-hybridized carbons (Fsp3) is 0.357. The van der Waals surface area contributed by atoms with Gasteiger partial charge < -0.3 is 4.74 Å². The second kappa shape index (κ2) is 5.75. The second-order valence-electron chi connectivity index (χ2n) is 4.58. The molecular formula is C14H15NO4. The van der Waals surface area contributed by atoms with Crippen molar-refractivity contribution in [3.8, 4) is 0 Å². The van der Waals surface area contributed by atoms with Crippen molar-refractivity contribution in [2.75, 3.05) is 0 Å². The summed E-state index contributed by atoms with van der Waals surface area (Å²) in [5.41, 5.74) is 0.957. The molecule has 0 aromatic heterocycles. The number of rotatable bonds is 4. The van der Waals surface area contributed by atoms with Gasteiger partial charge in [-0.05, 0) is 31.0 Å². The highest BCUT2D eigenvalue weighted by molar-refractivity contribution is 5.76. The Hall–Kier alpha value is -2.01. The van der Waals surface area contributed by atoms with Crippen LogP contribution in [0.5, 0.6) is 0 Å². The number of hydrogen-bond donors (Lipinski definition) is 0. The Balaban J connectivity index is 2.08. The molecule has 1 aromatic rings. The van der Waals surface area contributed by atoms with Crippen molar-refractivity contribution in [1.82, 2.24) is 0 Å². The third-order valence-corrected chi connectivity index (χ3v) is 3.00. The quantitative estimate of drug-likeness (QED) is 0.474. The van der Waals surface area contributed by atoms with Gasteiger partial charge in [0.2, 0.25) is 0 Å². The average molecular weight is 261 g/mol. The normalized spacial score (nSPS) is 22.2. The zero-order valence-corrected chi connectivity index (χ0v) is 10.6. The van der Waals surface area contributed by atoms with Gasteiger partial charge in [0.25, 0.3) is 5.69 Å². The van der Waals surface area contributed by atoms with Gasteiger partial charge in [0, 0.05) is 18.6 Å². The Morgan fingerprint density at radius 3 is 2.68 bits per heavy atom. The Morgan fingerprint density at radius 2 is 2.11 bits per heavy atom. The van der Waals surface area contributed by atoms with Gasteiger partial charge in [0.1, 0.15) is 5.78 Å². The van der Waals surface area contributed by atoms with Crippen molar-refractivity contribution in [2.45, 2.75) is 32.0 Å². The third kappa shape index (κ3) is 3.48. The van der Waals surface area contributed by atoms with Crippen molar-refractivity contribution in [1.29, 1.82) is 0 Å². The summed E-state index contributed by atoms with van der Waals surface area (Å²) in [5, 5.41) is 10.6. The number of ketones is 1. The smallest absolute Gasteiger partial charge is 0.269 e. The van der Waals surface area contributed by atoms with E-state index in [0.717, 1.165) is 5.56 Å². The predicted octanol–water partition coefficient (Wildman–Crippen LogP) is 2.96. The van der Waals surface area contributed by atoms with Crippen LogP contribution in [0.3, 0.4) is 0 Å². The van der Waals surface area contributed by atoms with Crippen molar-refractivity contribution in [2.24, 2.45) is 0 Å². The van der Waals surface area contributed by atoms with Crippen molar-refractivity contribution in [3.63, 3.8) is 0 Å². The zero-order chi connectivity index (χ0) is 13.8. The van der Waals surface area contributed by atoms with Crippen LogP contribution in [0, 0.1) is 10.1 Å². The van der Waals surface area contributed by atoms with Gasteiger partial charge in [0.15, 0.2) is 0 Å². The number of non-ortho nitro benzene ring substituents is 1. The fourth-order valence-electron chi connectivity index (χ4n) is 2.09. The van der Waals surface area contributed by atoms with Crippen LogP contribution in [0.1, 0.15) is 31.4 Å². The van der Waals surface area contributed by atoms with E-state index in [4.69, 9.17) is 4.74 Å². The molecule has 1 aliphatic rings. The highest BCUT2D eigenvalue weighted by Crippen LogP contribution is 2.29. The maximum Gasteiger partial charge on any atom is 0.269 e. The van der Waals surface area contributed by atoms with Gasteiger partial charge >= 0.3 is 0 Å². The van der Waals surface area contributed by atoms with Crippen molar-refractivity contribution in [3.05, 3.63) is 52.1 Å². The first-order chi connectivity index (χ1) is 9.06. The highest BCUT2D eigenvalue weighted by atomic mass is 16.6. The summed E-state index contributed by atoms with van der Waals surface area (Å²) in [5.74, 6) is 0.0824. The topological polar surface area (TPSA) is 69.4 Å². The van der Waals surface area contributed by atoms with Gasteiger partial charge in [-0.3, -0.25) is 14.9 Å². The van der Waals surface area contributed by atoms with E-state index < -0.39 is 4.92 Å². The van der Waals surface area contributed by atoms with Crippen LogP contribution in [-0.2, 0) is 9.53 Å². The van der Waals surface area contributed by atoms with E-state index in [1.807, 2.05) is 12.2 Å². The molecule has 2 atom stereocenters. The van der Waals surface area contributed by atoms with E-state index in [9.17, 15) is 14.9 Å². The van der Waals surface area contributed by atoms with Crippen LogP contribution in [0.4, 0.5) is 5.69 Å². The zero-order valence-electron chi connectivity index (χ0n) is 10.6. The molecule has 0 amide bonds. The number of ether oxygens (including phenoxy) is 1. The average Bonchev–Trinajstić information content (AvgIpc) is 2.38. The molecule has 5 heteroatoms. The third-order valence-electron chi connectivity index (χ3n) is 3.00. The second-order valence-corrected chi connectivity index (χ2v) is 4.58. The Morgan fingerprint density at radius 1 is 1.42 bits per heavy atom. The van der Waals surface area contributed by atoms with Gasteiger partial charge in [0.05, 0.1) is 17.1 Å². The van der Waals surface area contributed by atoms with Crippen LogP contribution >= 0.6 is 0 Å². The monoisotopic (exact) mass is 261 g/mol. The first kappa shape index (κ1) is 13.4. The summed E-state index contributed by atoms with van der Waals surface area (Å²) in [6.45, 7) is 1.53. The Labute approximate surface area is 111 Å². The lowest BCUT2D eigenvalue weighted by atomic mass is 10.0. The molecule has 0 radical (unpaired) electrons. The number of nitro benzene ring substituents is 1. The number of hydrogen-bond acceptors (Lipinski definition) is 4. The molecule has 0 aliphatic carbocycles. The van der Waals surface area contributed by atoms with E-state index >= 15 is 0 Å². The first-order valence-corrected chi connectivity index (χ1v) is 6.12. The van der Waals surface area contributed by atoms with E-state index in [1.54, 1.807) is 12.1 Å². The molecule has 0 saturated heterocycles. The molecule has 0 N–H and O–H groups in total. The minimum atomic E-state index is -0.427. The molecule has 0 bridgehead atoms. The summed E-state index contributed by atoms with van der Waals surface area (Å²) in [4.78, 5) is 21.2. The summed E-state index contributed by atoms with van der Waals surface area (Å²) in [7, 11) is 0. The van der Waals surface area contributed by atoms with E-state index in [1.165, 1.54) is 19.1 Å². The molecule has 1 aliphatic heterocycles. The van der Waals surface area contributed by atoms with Crippen molar-refractivity contribution < 1.29 is 14.5 Å². The molecule has 19 heavy (non-hydrogen) atoms. The van der Waals surface area contributed by atoms with E-state index in [-0.39, 0.29) is 23.7 Å². The van der Waals surface area contributed by atoms with Crippen LogP contribution in [0.25, 0.3) is 0 Å². The molecule has 0 saturated carbocycles. The maximum atomic E-state index is 11.1. The van der Waals surface area contributed by atoms with E-state index in [0.29, 0.717) is 12.8 Å². The van der Waals surface area contributed by atoms with E-state index in [2.05, 4.69) is 0 Å². The molecule has 5 nitrogen and oxygen atoms in total. The lowest BCUT2D eigenvalue weighted by Crippen LogP contribution is -2.20. The lowest BCUT2D eigenvalue weighted by molar-refractivity contribution is -0.384. The summed E-state index contributed by atoms with van der Waals surface area (Å²) in [6, 6.07) is 6.34. The minimum Gasteiger partial charge on any atom is -0.365 e. The summed E-state index contributed by atoms with van der Waals surface area (Å²) in [6.07, 6.45) is 4.61. The standard InChI is InChI=1S/C14H15NO4/c1-10(16)9-13-3-2-4-14(19-13)11-5-7-12(8-6-11)15(17)18/h2-3,5-8,13-14H,4,9H2,1H3/t13-,14+/m0/s1. The summed E-state index contributed by atoms with van der Waals surface area (Å²) < 4.78 is 5.81. The molecular weight excluding hydrogens is 246 g/mol. The number of benzene rings is 1. The summed E-state index contributed by atoms with van der Waals surface area (Å²) >= 11 is 0. The SMILES string of the molecule is CC(=O)C[C@@H]1C=CC[C@H](c2ccc([N+](=O)[O-])cc2)O1. The number of carbonyl (C=O) groups is 1. The minimum absolute atomic E-state index is 0.0652. The van der Waals surface area contributed by atoms with Crippen molar-refractivity contribution >= 4 is 11.5 Å². The molecule has 2 rings (SSSR count). The van der Waals surface area contributed by atoms with Gasteiger partial charge in [-0.25, -0.2) is 0 Å². The number of nitro groups is 1. The fourth-order valence-corrected chi connectivity index (χ4v) is 2.09. The molecule has 1 aromatic carbocycles. The molecule has 100 valence electrons. The number of carbonyl (C=O) groups excluding carboxylic acids is 1. The largest absolute Gasteiger partial charge is 0.365 e. The molecule has 0 fully saturated rings. The van der Waals surface area contributed by atoms with Gasteiger partial charge in [-0.2, -0.15) is 0 Å². The van der Waals surface area contributed by atoms with Crippen LogP contribution < -0.4 is 0 Å². The molecule has 1 heterocycles. The highest BCUT2D eigenvalue weighted by Gasteiger charge is 2.21. The van der Waals surface area contributed by atoms with Crippen LogP contribution in [0.15, 0.2) is 36.4 Å². The van der Waals surface area contributed by atoms with Gasteiger partial charge in [-0.1, -0.05) is 12.2 Å². The maximum absolute atomic E-state index is 11.1.